The molecule has 1 radical (unpaired) electrons. The molecule has 0 saturated heterocycles. The van der Waals surface area contributed by atoms with Gasteiger partial charge in [-0.05, 0) is 48.2 Å². The van der Waals surface area contributed by atoms with Crippen molar-refractivity contribution in [3.05, 3.63) is 77.9 Å². The molecule has 0 fully saturated rings. The van der Waals surface area contributed by atoms with Crippen LogP contribution in [0.15, 0.2) is 60.4 Å². The Kier molecular flexibility index (Phi) is 4.90. The van der Waals surface area contributed by atoms with Gasteiger partial charge in [-0.1, -0.05) is 30.3 Å². The van der Waals surface area contributed by atoms with Crippen molar-refractivity contribution in [1.29, 1.82) is 0 Å². The summed E-state index contributed by atoms with van der Waals surface area (Å²) in [4.78, 5) is 0. The lowest BCUT2D eigenvalue weighted by Crippen LogP contribution is -2.03. The van der Waals surface area contributed by atoms with Crippen LogP contribution in [-0.4, -0.2) is 21.3 Å². The Bertz CT molecular complexity index is 753. The molecular weight excluding hydrogens is 300 g/mol. The van der Waals surface area contributed by atoms with E-state index >= 15 is 0 Å². The predicted molar refractivity (Wildman–Crippen MR) is 96.8 cm³/mol. The first-order valence-corrected chi connectivity index (χ1v) is 7.87. The number of hydrogen-bond acceptors (Lipinski definition) is 3. The van der Waals surface area contributed by atoms with Crippen molar-refractivity contribution in [1.82, 2.24) is 0 Å². The van der Waals surface area contributed by atoms with Crippen LogP contribution in [0.3, 0.4) is 0 Å². The van der Waals surface area contributed by atoms with E-state index < -0.39 is 0 Å². The summed E-state index contributed by atoms with van der Waals surface area (Å²) in [5, 5.41) is 0. The highest BCUT2D eigenvalue weighted by Crippen LogP contribution is 2.38. The van der Waals surface area contributed by atoms with Gasteiger partial charge < -0.3 is 14.2 Å². The number of methoxy groups -OCH3 is 3. The van der Waals surface area contributed by atoms with E-state index in [2.05, 4.69) is 36.8 Å². The number of ether oxygens (including phenoxy) is 3. The Morgan fingerprint density at radius 2 is 1.21 bits per heavy atom. The van der Waals surface area contributed by atoms with E-state index in [1.54, 1.807) is 21.3 Å². The monoisotopic (exact) mass is 321 g/mol. The number of allylic oxidation sites excluding steroid dienone is 3. The lowest BCUT2D eigenvalue weighted by Gasteiger charge is -2.21. The Balaban J connectivity index is 2.00. The molecule has 3 rings (SSSR count). The molecule has 0 aliphatic heterocycles. The summed E-state index contributed by atoms with van der Waals surface area (Å²) in [6, 6.07) is 16.1. The summed E-state index contributed by atoms with van der Waals surface area (Å²) in [5.41, 5.74) is 4.44. The number of benzene rings is 2. The third-order valence-electron chi connectivity index (χ3n) is 4.14. The summed E-state index contributed by atoms with van der Waals surface area (Å²) in [6.07, 6.45) is 5.25. The highest BCUT2D eigenvalue weighted by molar-refractivity contribution is 5.92. The van der Waals surface area contributed by atoms with Crippen LogP contribution in [0.1, 0.15) is 17.5 Å². The van der Waals surface area contributed by atoms with E-state index in [0.717, 1.165) is 46.0 Å². The summed E-state index contributed by atoms with van der Waals surface area (Å²) in [7, 11) is 5.06. The van der Waals surface area contributed by atoms with Crippen LogP contribution in [-0.2, 0) is 4.74 Å². The SMILES string of the molecule is COC1=C(c2ccc(OC)cc2)[CH]CC=C1c1ccc(OC)cc1. The van der Waals surface area contributed by atoms with Gasteiger partial charge in [0.2, 0.25) is 0 Å². The molecule has 0 N–H and O–H groups in total. The minimum Gasteiger partial charge on any atom is -0.497 e. The molecule has 0 atom stereocenters. The van der Waals surface area contributed by atoms with Crippen molar-refractivity contribution in [3.63, 3.8) is 0 Å². The minimum absolute atomic E-state index is 0.847. The van der Waals surface area contributed by atoms with Crippen molar-refractivity contribution in [3.8, 4) is 11.5 Å². The van der Waals surface area contributed by atoms with Crippen LogP contribution < -0.4 is 9.47 Å². The lowest BCUT2D eigenvalue weighted by molar-refractivity contribution is 0.312. The Hall–Kier alpha value is -2.68. The van der Waals surface area contributed by atoms with E-state index in [1.807, 2.05) is 24.3 Å². The molecule has 0 spiro atoms. The van der Waals surface area contributed by atoms with Crippen molar-refractivity contribution in [2.45, 2.75) is 6.42 Å². The zero-order valence-corrected chi connectivity index (χ0v) is 14.2. The van der Waals surface area contributed by atoms with Gasteiger partial charge in [-0.15, -0.1) is 0 Å². The summed E-state index contributed by atoms with van der Waals surface area (Å²) >= 11 is 0. The molecule has 1 aliphatic rings. The van der Waals surface area contributed by atoms with Gasteiger partial charge in [-0.25, -0.2) is 0 Å². The maximum atomic E-state index is 5.76. The van der Waals surface area contributed by atoms with E-state index in [-0.39, 0.29) is 0 Å². The summed E-state index contributed by atoms with van der Waals surface area (Å²) in [5.74, 6) is 2.58. The van der Waals surface area contributed by atoms with Gasteiger partial charge >= 0.3 is 0 Å². The van der Waals surface area contributed by atoms with Crippen LogP contribution in [0.25, 0.3) is 11.1 Å². The van der Waals surface area contributed by atoms with Crippen LogP contribution >= 0.6 is 0 Å². The molecule has 0 heterocycles. The largest absolute Gasteiger partial charge is 0.497 e. The molecule has 2 aromatic carbocycles. The molecule has 0 unspecified atom stereocenters. The molecule has 0 aromatic heterocycles. The predicted octanol–water partition coefficient (Wildman–Crippen LogP) is 4.75. The molecule has 3 nitrogen and oxygen atoms in total. The molecule has 0 saturated carbocycles. The fraction of sp³-hybridized carbons (Fsp3) is 0.190. The smallest absolute Gasteiger partial charge is 0.130 e. The van der Waals surface area contributed by atoms with Crippen molar-refractivity contribution in [2.24, 2.45) is 0 Å². The zero-order chi connectivity index (χ0) is 16.9. The molecule has 24 heavy (non-hydrogen) atoms. The normalized spacial score (nSPS) is 14.2. The van der Waals surface area contributed by atoms with Gasteiger partial charge in [0.05, 0.1) is 21.3 Å². The van der Waals surface area contributed by atoms with Crippen molar-refractivity contribution >= 4 is 11.1 Å². The van der Waals surface area contributed by atoms with Gasteiger partial charge in [-0.3, -0.25) is 0 Å². The van der Waals surface area contributed by atoms with Crippen LogP contribution in [0, 0.1) is 6.42 Å². The third-order valence-corrected chi connectivity index (χ3v) is 4.14. The van der Waals surface area contributed by atoms with Gasteiger partial charge in [0, 0.05) is 11.1 Å². The zero-order valence-electron chi connectivity index (χ0n) is 14.2. The van der Waals surface area contributed by atoms with Crippen LogP contribution in [0.2, 0.25) is 0 Å². The highest BCUT2D eigenvalue weighted by atomic mass is 16.5. The first kappa shape index (κ1) is 16.2. The maximum absolute atomic E-state index is 5.76. The molecular formula is C21H21O3. The second-order valence-corrected chi connectivity index (χ2v) is 5.46. The first-order chi connectivity index (χ1) is 11.8. The quantitative estimate of drug-likeness (QED) is 0.795. The Morgan fingerprint density at radius 3 is 1.71 bits per heavy atom. The fourth-order valence-corrected chi connectivity index (χ4v) is 2.88. The highest BCUT2D eigenvalue weighted by Gasteiger charge is 2.20. The average molecular weight is 321 g/mol. The molecule has 2 aromatic rings. The van der Waals surface area contributed by atoms with E-state index in [4.69, 9.17) is 14.2 Å². The van der Waals surface area contributed by atoms with E-state index in [0.29, 0.717) is 0 Å². The Morgan fingerprint density at radius 1 is 0.667 bits per heavy atom. The standard InChI is InChI=1S/C21H21O3/c1-22-17-11-7-15(8-12-17)19-5-4-6-20(21(19)24-3)16-9-13-18(23-2)14-10-16/h5-14H,4H2,1-3H3. The molecule has 0 bridgehead atoms. The first-order valence-electron chi connectivity index (χ1n) is 7.87. The van der Waals surface area contributed by atoms with Crippen LogP contribution in [0.5, 0.6) is 11.5 Å². The number of rotatable bonds is 5. The summed E-state index contributed by atoms with van der Waals surface area (Å²) in [6.45, 7) is 0. The van der Waals surface area contributed by atoms with Crippen LogP contribution in [0.4, 0.5) is 0 Å². The van der Waals surface area contributed by atoms with Gasteiger partial charge in [-0.2, -0.15) is 0 Å². The fourth-order valence-electron chi connectivity index (χ4n) is 2.88. The maximum Gasteiger partial charge on any atom is 0.130 e. The molecule has 3 heteroatoms. The van der Waals surface area contributed by atoms with Gasteiger partial charge in [0.1, 0.15) is 17.3 Å². The van der Waals surface area contributed by atoms with Gasteiger partial charge in [0.25, 0.3) is 0 Å². The number of hydrogen-bond donors (Lipinski definition) is 0. The van der Waals surface area contributed by atoms with Crippen molar-refractivity contribution in [2.75, 3.05) is 21.3 Å². The average Bonchev–Trinajstić information content (AvgIpc) is 2.67. The second kappa shape index (κ2) is 7.26. The Labute approximate surface area is 143 Å². The molecule has 123 valence electrons. The third kappa shape index (κ3) is 3.16. The molecule has 1 aliphatic carbocycles. The van der Waals surface area contributed by atoms with E-state index in [1.165, 1.54) is 0 Å². The second-order valence-electron chi connectivity index (χ2n) is 5.46. The minimum atomic E-state index is 0.847. The van der Waals surface area contributed by atoms with Crippen molar-refractivity contribution < 1.29 is 14.2 Å². The summed E-state index contributed by atoms with van der Waals surface area (Å²) < 4.78 is 16.2. The lowest BCUT2D eigenvalue weighted by atomic mass is 9.89. The topological polar surface area (TPSA) is 27.7 Å². The van der Waals surface area contributed by atoms with E-state index in [9.17, 15) is 0 Å². The molecule has 0 amide bonds. The van der Waals surface area contributed by atoms with Gasteiger partial charge in [0.15, 0.2) is 0 Å².